The van der Waals surface area contributed by atoms with Crippen molar-refractivity contribution < 1.29 is 5.11 Å². The molecule has 1 N–H and O–H groups in total. The standard InChI is InChI=1S/C10H17N3O2/c1-3-12(4-2)9-7-10(15)13(5-6-14)11-8-9/h7-8,14H,3-6H2,1-2H3. The van der Waals surface area contributed by atoms with Crippen LogP contribution in [0.15, 0.2) is 17.1 Å². The Morgan fingerprint density at radius 2 is 2.13 bits per heavy atom. The summed E-state index contributed by atoms with van der Waals surface area (Å²) in [5.74, 6) is 0. The number of hydrogen-bond donors (Lipinski definition) is 1. The molecule has 0 aromatic carbocycles. The van der Waals surface area contributed by atoms with E-state index < -0.39 is 0 Å². The van der Waals surface area contributed by atoms with Crippen LogP contribution < -0.4 is 10.5 Å². The monoisotopic (exact) mass is 211 g/mol. The number of aliphatic hydroxyl groups excluding tert-OH is 1. The number of anilines is 1. The van der Waals surface area contributed by atoms with Gasteiger partial charge in [-0.1, -0.05) is 0 Å². The molecule has 5 heteroatoms. The van der Waals surface area contributed by atoms with Crippen molar-refractivity contribution >= 4 is 5.69 Å². The Hall–Kier alpha value is -1.36. The highest BCUT2D eigenvalue weighted by Gasteiger charge is 2.04. The lowest BCUT2D eigenvalue weighted by molar-refractivity contribution is 0.266. The van der Waals surface area contributed by atoms with Crippen LogP contribution in [0.3, 0.4) is 0 Å². The topological polar surface area (TPSA) is 58.4 Å². The zero-order chi connectivity index (χ0) is 11.3. The van der Waals surface area contributed by atoms with Gasteiger partial charge in [0.2, 0.25) is 0 Å². The molecule has 0 atom stereocenters. The summed E-state index contributed by atoms with van der Waals surface area (Å²) in [6, 6.07) is 1.55. The van der Waals surface area contributed by atoms with E-state index in [1.54, 1.807) is 12.3 Å². The minimum absolute atomic E-state index is 0.0719. The average Bonchev–Trinajstić information content (AvgIpc) is 2.24. The van der Waals surface area contributed by atoms with Crippen LogP contribution in [0.1, 0.15) is 13.8 Å². The average molecular weight is 211 g/mol. The van der Waals surface area contributed by atoms with E-state index in [4.69, 9.17) is 5.11 Å². The molecule has 0 radical (unpaired) electrons. The van der Waals surface area contributed by atoms with Gasteiger partial charge in [0.05, 0.1) is 25.0 Å². The van der Waals surface area contributed by atoms with Crippen molar-refractivity contribution in [3.63, 3.8) is 0 Å². The fraction of sp³-hybridized carbons (Fsp3) is 0.600. The first-order valence-corrected chi connectivity index (χ1v) is 5.15. The molecule has 15 heavy (non-hydrogen) atoms. The van der Waals surface area contributed by atoms with Crippen LogP contribution >= 0.6 is 0 Å². The molecule has 0 amide bonds. The summed E-state index contributed by atoms with van der Waals surface area (Å²) < 4.78 is 1.26. The van der Waals surface area contributed by atoms with Gasteiger partial charge < -0.3 is 10.0 Å². The maximum absolute atomic E-state index is 11.5. The van der Waals surface area contributed by atoms with Gasteiger partial charge in [0, 0.05) is 19.2 Å². The van der Waals surface area contributed by atoms with Gasteiger partial charge in [0.15, 0.2) is 0 Å². The second-order valence-corrected chi connectivity index (χ2v) is 3.17. The van der Waals surface area contributed by atoms with Gasteiger partial charge in [-0.2, -0.15) is 5.10 Å². The third-order valence-corrected chi connectivity index (χ3v) is 2.30. The molecular weight excluding hydrogens is 194 g/mol. The fourth-order valence-corrected chi connectivity index (χ4v) is 1.45. The molecule has 0 bridgehead atoms. The lowest BCUT2D eigenvalue weighted by atomic mass is 10.4. The van der Waals surface area contributed by atoms with E-state index in [2.05, 4.69) is 10.00 Å². The molecule has 1 aromatic heterocycles. The van der Waals surface area contributed by atoms with Crippen LogP contribution in [0.2, 0.25) is 0 Å². The molecule has 0 saturated carbocycles. The minimum atomic E-state index is -0.173. The second-order valence-electron chi connectivity index (χ2n) is 3.17. The van der Waals surface area contributed by atoms with Crippen molar-refractivity contribution in [2.24, 2.45) is 0 Å². The SMILES string of the molecule is CCN(CC)c1cnn(CCO)c(=O)c1. The van der Waals surface area contributed by atoms with E-state index in [0.717, 1.165) is 18.8 Å². The highest BCUT2D eigenvalue weighted by molar-refractivity contribution is 5.42. The van der Waals surface area contributed by atoms with Crippen LogP contribution in [-0.4, -0.2) is 34.6 Å². The normalized spacial score (nSPS) is 10.3. The molecule has 1 rings (SSSR count). The summed E-state index contributed by atoms with van der Waals surface area (Å²) in [6.07, 6.45) is 1.66. The van der Waals surface area contributed by atoms with E-state index in [1.165, 1.54) is 4.68 Å². The number of aromatic nitrogens is 2. The van der Waals surface area contributed by atoms with Gasteiger partial charge in [-0.25, -0.2) is 4.68 Å². The Morgan fingerprint density at radius 1 is 1.47 bits per heavy atom. The smallest absolute Gasteiger partial charge is 0.268 e. The van der Waals surface area contributed by atoms with E-state index in [1.807, 2.05) is 13.8 Å². The summed E-state index contributed by atoms with van der Waals surface area (Å²) >= 11 is 0. The van der Waals surface area contributed by atoms with Gasteiger partial charge in [-0.05, 0) is 13.8 Å². The lowest BCUT2D eigenvalue weighted by Crippen LogP contribution is -2.28. The van der Waals surface area contributed by atoms with Crippen molar-refractivity contribution in [2.45, 2.75) is 20.4 Å². The van der Waals surface area contributed by atoms with E-state index in [-0.39, 0.29) is 18.7 Å². The van der Waals surface area contributed by atoms with Crippen LogP contribution in [0.4, 0.5) is 5.69 Å². The fourth-order valence-electron chi connectivity index (χ4n) is 1.45. The van der Waals surface area contributed by atoms with Gasteiger partial charge in [-0.3, -0.25) is 4.79 Å². The number of rotatable bonds is 5. The maximum atomic E-state index is 11.5. The van der Waals surface area contributed by atoms with E-state index >= 15 is 0 Å². The van der Waals surface area contributed by atoms with Crippen molar-refractivity contribution in [1.29, 1.82) is 0 Å². The predicted octanol–water partition coefficient (Wildman–Crippen LogP) is 0.0818. The first-order valence-electron chi connectivity index (χ1n) is 5.15. The first kappa shape index (κ1) is 11.7. The van der Waals surface area contributed by atoms with Gasteiger partial charge >= 0.3 is 0 Å². The number of hydrogen-bond acceptors (Lipinski definition) is 4. The molecule has 1 aromatic rings. The molecule has 1 heterocycles. The molecule has 0 unspecified atom stereocenters. The minimum Gasteiger partial charge on any atom is -0.394 e. The highest BCUT2D eigenvalue weighted by Crippen LogP contribution is 2.07. The molecule has 84 valence electrons. The quantitative estimate of drug-likeness (QED) is 0.749. The molecule has 5 nitrogen and oxygen atoms in total. The Morgan fingerprint density at radius 3 is 2.60 bits per heavy atom. The molecule has 0 aliphatic heterocycles. The summed E-state index contributed by atoms with van der Waals surface area (Å²) in [6.45, 7) is 5.93. The first-order chi connectivity index (χ1) is 7.22. The van der Waals surface area contributed by atoms with Crippen molar-refractivity contribution in [2.75, 3.05) is 24.6 Å². The molecule has 0 aliphatic rings. The largest absolute Gasteiger partial charge is 0.394 e. The number of aliphatic hydroxyl groups is 1. The summed E-state index contributed by atoms with van der Waals surface area (Å²) in [4.78, 5) is 13.6. The van der Waals surface area contributed by atoms with Crippen LogP contribution in [0, 0.1) is 0 Å². The Balaban J connectivity index is 2.95. The molecule has 0 spiro atoms. The third kappa shape index (κ3) is 2.79. The van der Waals surface area contributed by atoms with Crippen LogP contribution in [0.5, 0.6) is 0 Å². The molecular formula is C10H17N3O2. The van der Waals surface area contributed by atoms with Crippen molar-refractivity contribution in [3.05, 3.63) is 22.6 Å². The van der Waals surface area contributed by atoms with Crippen LogP contribution in [-0.2, 0) is 6.54 Å². The molecule has 0 aliphatic carbocycles. The Kier molecular flexibility index (Phi) is 4.30. The predicted molar refractivity (Wildman–Crippen MR) is 59.1 cm³/mol. The summed E-state index contributed by atoms with van der Waals surface area (Å²) in [7, 11) is 0. The van der Waals surface area contributed by atoms with Gasteiger partial charge in [0.25, 0.3) is 5.56 Å². The molecule has 0 fully saturated rings. The molecule has 0 saturated heterocycles. The zero-order valence-electron chi connectivity index (χ0n) is 9.18. The van der Waals surface area contributed by atoms with Crippen molar-refractivity contribution in [1.82, 2.24) is 9.78 Å². The zero-order valence-corrected chi connectivity index (χ0v) is 9.18. The van der Waals surface area contributed by atoms with Crippen molar-refractivity contribution in [3.8, 4) is 0 Å². The second kappa shape index (κ2) is 5.50. The Bertz CT molecular complexity index is 358. The maximum Gasteiger partial charge on any atom is 0.268 e. The van der Waals surface area contributed by atoms with Gasteiger partial charge in [0.1, 0.15) is 0 Å². The van der Waals surface area contributed by atoms with Gasteiger partial charge in [-0.15, -0.1) is 0 Å². The Labute approximate surface area is 89.0 Å². The highest BCUT2D eigenvalue weighted by atomic mass is 16.3. The summed E-state index contributed by atoms with van der Waals surface area (Å²) in [5, 5.41) is 12.7. The van der Waals surface area contributed by atoms with E-state index in [9.17, 15) is 4.79 Å². The van der Waals surface area contributed by atoms with E-state index in [0.29, 0.717) is 0 Å². The summed E-state index contributed by atoms with van der Waals surface area (Å²) in [5.41, 5.74) is 0.660. The van der Waals surface area contributed by atoms with Crippen LogP contribution in [0.25, 0.3) is 0 Å². The third-order valence-electron chi connectivity index (χ3n) is 2.30. The lowest BCUT2D eigenvalue weighted by Gasteiger charge is -2.20. The number of nitrogens with zero attached hydrogens (tertiary/aromatic N) is 3.